The summed E-state index contributed by atoms with van der Waals surface area (Å²) < 4.78 is 6.31. The minimum absolute atomic E-state index is 0.117. The van der Waals surface area contributed by atoms with E-state index < -0.39 is 11.9 Å². The van der Waals surface area contributed by atoms with Crippen molar-refractivity contribution in [2.45, 2.75) is 6.92 Å². The van der Waals surface area contributed by atoms with Crippen molar-refractivity contribution in [3.05, 3.63) is 41.7 Å². The SMILES string of the molecule is CCOC(=O)c1cccc(-n2ccc(C(N)=O)n2)c1N. The van der Waals surface area contributed by atoms with Crippen LogP contribution in [0.1, 0.15) is 27.8 Å². The van der Waals surface area contributed by atoms with Crippen LogP contribution in [-0.2, 0) is 4.74 Å². The summed E-state index contributed by atoms with van der Waals surface area (Å²) in [6, 6.07) is 6.37. The predicted octanol–water partition coefficient (Wildman–Crippen LogP) is 0.730. The van der Waals surface area contributed by atoms with Gasteiger partial charge in [-0.15, -0.1) is 0 Å². The number of nitrogens with zero attached hydrogens (tertiary/aromatic N) is 2. The van der Waals surface area contributed by atoms with E-state index in [1.54, 1.807) is 31.3 Å². The van der Waals surface area contributed by atoms with Crippen LogP contribution in [0.3, 0.4) is 0 Å². The number of para-hydroxylation sites is 1. The van der Waals surface area contributed by atoms with Gasteiger partial charge in [0.2, 0.25) is 0 Å². The standard InChI is InChI=1S/C13H14N4O3/c1-2-20-13(19)8-4-3-5-10(11(8)14)17-7-6-9(16-17)12(15)18/h3-7H,2,14H2,1H3,(H2,15,18). The Balaban J connectivity index is 2.44. The molecular weight excluding hydrogens is 260 g/mol. The summed E-state index contributed by atoms with van der Waals surface area (Å²) in [5.74, 6) is -1.14. The van der Waals surface area contributed by atoms with Gasteiger partial charge in [-0.3, -0.25) is 4.79 Å². The molecule has 0 aliphatic carbocycles. The molecule has 0 unspecified atom stereocenters. The first-order valence-corrected chi connectivity index (χ1v) is 5.96. The molecule has 2 aromatic rings. The Morgan fingerprint density at radius 2 is 2.10 bits per heavy atom. The van der Waals surface area contributed by atoms with Crippen LogP contribution in [0.5, 0.6) is 0 Å². The monoisotopic (exact) mass is 274 g/mol. The molecule has 0 aliphatic heterocycles. The Morgan fingerprint density at radius 3 is 2.70 bits per heavy atom. The predicted molar refractivity (Wildman–Crippen MR) is 72.5 cm³/mol. The normalized spacial score (nSPS) is 10.2. The largest absolute Gasteiger partial charge is 0.462 e. The number of anilines is 1. The highest BCUT2D eigenvalue weighted by molar-refractivity contribution is 5.97. The third-order valence-electron chi connectivity index (χ3n) is 2.67. The number of ether oxygens (including phenoxy) is 1. The molecule has 7 nitrogen and oxygen atoms in total. The maximum atomic E-state index is 11.8. The fourth-order valence-corrected chi connectivity index (χ4v) is 1.73. The first kappa shape index (κ1) is 13.6. The number of nitrogen functional groups attached to an aromatic ring is 1. The molecule has 20 heavy (non-hydrogen) atoms. The summed E-state index contributed by atoms with van der Waals surface area (Å²) in [5.41, 5.74) is 12.2. The van der Waals surface area contributed by atoms with Gasteiger partial charge in [0.1, 0.15) is 5.69 Å². The molecule has 4 N–H and O–H groups in total. The molecule has 1 amide bonds. The fourth-order valence-electron chi connectivity index (χ4n) is 1.73. The Bertz CT molecular complexity index is 663. The van der Waals surface area contributed by atoms with Crippen molar-refractivity contribution in [2.75, 3.05) is 12.3 Å². The molecule has 7 heteroatoms. The van der Waals surface area contributed by atoms with Crippen molar-refractivity contribution in [1.82, 2.24) is 9.78 Å². The number of benzene rings is 1. The summed E-state index contributed by atoms with van der Waals surface area (Å²) in [7, 11) is 0. The quantitative estimate of drug-likeness (QED) is 0.630. The van der Waals surface area contributed by atoms with Crippen LogP contribution in [0.25, 0.3) is 5.69 Å². The van der Waals surface area contributed by atoms with Gasteiger partial charge in [0.05, 0.1) is 23.5 Å². The molecule has 0 aliphatic rings. The maximum Gasteiger partial charge on any atom is 0.340 e. The third-order valence-corrected chi connectivity index (χ3v) is 2.67. The van der Waals surface area contributed by atoms with E-state index in [2.05, 4.69) is 5.10 Å². The van der Waals surface area contributed by atoms with Gasteiger partial charge >= 0.3 is 5.97 Å². The lowest BCUT2D eigenvalue weighted by Gasteiger charge is -2.10. The van der Waals surface area contributed by atoms with Crippen molar-refractivity contribution in [2.24, 2.45) is 5.73 Å². The van der Waals surface area contributed by atoms with Gasteiger partial charge < -0.3 is 16.2 Å². The van der Waals surface area contributed by atoms with Gasteiger partial charge in [-0.05, 0) is 25.1 Å². The lowest BCUT2D eigenvalue weighted by Crippen LogP contribution is -2.13. The van der Waals surface area contributed by atoms with Crippen molar-refractivity contribution >= 4 is 17.6 Å². The Kier molecular flexibility index (Phi) is 3.69. The van der Waals surface area contributed by atoms with E-state index in [1.807, 2.05) is 0 Å². The molecule has 0 saturated carbocycles. The number of aromatic nitrogens is 2. The Labute approximate surface area is 115 Å². The van der Waals surface area contributed by atoms with Crippen molar-refractivity contribution in [1.29, 1.82) is 0 Å². The second-order valence-corrected chi connectivity index (χ2v) is 3.97. The van der Waals surface area contributed by atoms with Gasteiger partial charge in [-0.25, -0.2) is 9.48 Å². The number of nitrogens with two attached hydrogens (primary N) is 2. The van der Waals surface area contributed by atoms with Crippen molar-refractivity contribution in [3.63, 3.8) is 0 Å². The van der Waals surface area contributed by atoms with E-state index in [-0.39, 0.29) is 23.6 Å². The lowest BCUT2D eigenvalue weighted by molar-refractivity contribution is 0.0527. The van der Waals surface area contributed by atoms with Crippen LogP contribution in [0.4, 0.5) is 5.69 Å². The topological polar surface area (TPSA) is 113 Å². The molecule has 0 radical (unpaired) electrons. The molecular formula is C13H14N4O3. The van der Waals surface area contributed by atoms with E-state index >= 15 is 0 Å². The number of carbonyl (C=O) groups is 2. The van der Waals surface area contributed by atoms with Gasteiger partial charge in [-0.2, -0.15) is 5.10 Å². The van der Waals surface area contributed by atoms with E-state index in [0.29, 0.717) is 5.69 Å². The van der Waals surface area contributed by atoms with Gasteiger partial charge in [0.25, 0.3) is 5.91 Å². The third kappa shape index (κ3) is 2.46. The number of carbonyl (C=O) groups excluding carboxylic acids is 2. The van der Waals surface area contributed by atoms with Crippen molar-refractivity contribution < 1.29 is 14.3 Å². The Morgan fingerprint density at radius 1 is 1.35 bits per heavy atom. The minimum atomic E-state index is -0.635. The van der Waals surface area contributed by atoms with Crippen LogP contribution in [-0.4, -0.2) is 28.3 Å². The van der Waals surface area contributed by atoms with Crippen LogP contribution >= 0.6 is 0 Å². The lowest BCUT2D eigenvalue weighted by atomic mass is 10.1. The zero-order valence-corrected chi connectivity index (χ0v) is 10.9. The molecule has 0 saturated heterocycles. The van der Waals surface area contributed by atoms with Crippen LogP contribution in [0.15, 0.2) is 30.5 Å². The summed E-state index contributed by atoms with van der Waals surface area (Å²) in [4.78, 5) is 22.8. The number of rotatable bonds is 4. The van der Waals surface area contributed by atoms with Gasteiger partial charge in [0, 0.05) is 6.20 Å². The maximum absolute atomic E-state index is 11.8. The average molecular weight is 274 g/mol. The summed E-state index contributed by atoms with van der Waals surface area (Å²) in [5, 5.41) is 4.00. The second kappa shape index (κ2) is 5.43. The molecule has 0 spiro atoms. The number of hydrogen-bond acceptors (Lipinski definition) is 5. The molecule has 0 atom stereocenters. The number of amides is 1. The summed E-state index contributed by atoms with van der Waals surface area (Å²) in [6.45, 7) is 1.97. The van der Waals surface area contributed by atoms with Crippen LogP contribution in [0, 0.1) is 0 Å². The van der Waals surface area contributed by atoms with E-state index in [9.17, 15) is 9.59 Å². The molecule has 1 aromatic heterocycles. The van der Waals surface area contributed by atoms with Crippen LogP contribution in [0.2, 0.25) is 0 Å². The van der Waals surface area contributed by atoms with Crippen molar-refractivity contribution in [3.8, 4) is 5.69 Å². The Hall–Kier alpha value is -2.83. The highest BCUT2D eigenvalue weighted by Crippen LogP contribution is 2.22. The van der Waals surface area contributed by atoms with Gasteiger partial charge in [0.15, 0.2) is 0 Å². The molecule has 1 aromatic carbocycles. The smallest absolute Gasteiger partial charge is 0.340 e. The van der Waals surface area contributed by atoms with Gasteiger partial charge in [-0.1, -0.05) is 6.07 Å². The number of esters is 1. The zero-order chi connectivity index (χ0) is 14.7. The second-order valence-electron chi connectivity index (χ2n) is 3.97. The number of primary amides is 1. The fraction of sp³-hybridized carbons (Fsp3) is 0.154. The van der Waals surface area contributed by atoms with Crippen LogP contribution < -0.4 is 11.5 Å². The molecule has 2 rings (SSSR count). The highest BCUT2D eigenvalue weighted by Gasteiger charge is 2.15. The average Bonchev–Trinajstić information content (AvgIpc) is 2.88. The minimum Gasteiger partial charge on any atom is -0.462 e. The summed E-state index contributed by atoms with van der Waals surface area (Å²) >= 11 is 0. The molecule has 0 bridgehead atoms. The zero-order valence-electron chi connectivity index (χ0n) is 10.9. The molecule has 0 fully saturated rings. The highest BCUT2D eigenvalue weighted by atomic mass is 16.5. The van der Waals surface area contributed by atoms with E-state index in [4.69, 9.17) is 16.2 Å². The first-order valence-electron chi connectivity index (χ1n) is 5.96. The molecule has 1 heterocycles. The first-order chi connectivity index (χ1) is 9.54. The number of hydrogen-bond donors (Lipinski definition) is 2. The van der Waals surface area contributed by atoms with E-state index in [1.165, 1.54) is 10.7 Å². The van der Waals surface area contributed by atoms with E-state index in [0.717, 1.165) is 0 Å². The molecule has 104 valence electrons. The summed E-state index contributed by atoms with van der Waals surface area (Å²) in [6.07, 6.45) is 1.54.